The van der Waals surface area contributed by atoms with Crippen LogP contribution in [0.5, 0.6) is 5.75 Å². The number of allylic oxidation sites excluding steroid dienone is 1. The number of likely N-dealkylation sites (tertiary alicyclic amines) is 1. The smallest absolute Gasteiger partial charge is 0.338 e. The highest BCUT2D eigenvalue weighted by Crippen LogP contribution is 2.45. The summed E-state index contributed by atoms with van der Waals surface area (Å²) in [4.78, 5) is 47.4. The number of hydrogen-bond donors (Lipinski definition) is 0. The number of fused-ring (bicyclic) bond motifs is 1. The number of methoxy groups -OCH3 is 2. The van der Waals surface area contributed by atoms with Crippen molar-refractivity contribution in [2.75, 3.05) is 47.1 Å². The van der Waals surface area contributed by atoms with Crippen LogP contribution in [0.3, 0.4) is 0 Å². The minimum Gasteiger partial charge on any atom is -0.497 e. The minimum atomic E-state index is -0.541. The predicted molar refractivity (Wildman–Crippen MR) is 147 cm³/mol. The molecule has 2 unspecified atom stereocenters. The topological polar surface area (TPSA) is 107 Å². The highest BCUT2D eigenvalue weighted by Gasteiger charge is 2.42. The van der Waals surface area contributed by atoms with Crippen LogP contribution in [0.1, 0.15) is 44.7 Å². The molecular weight excluding hydrogens is 522 g/mol. The van der Waals surface area contributed by atoms with Crippen molar-refractivity contribution in [3.05, 3.63) is 52.2 Å². The lowest BCUT2D eigenvalue weighted by Crippen LogP contribution is -2.44. The molecule has 39 heavy (non-hydrogen) atoms. The van der Waals surface area contributed by atoms with E-state index < -0.39 is 12.0 Å². The molecule has 3 aliphatic rings. The number of amidine groups is 1. The minimum absolute atomic E-state index is 0.0823. The van der Waals surface area contributed by atoms with Gasteiger partial charge in [0, 0.05) is 25.9 Å². The molecule has 1 aromatic rings. The number of benzene rings is 1. The van der Waals surface area contributed by atoms with E-state index in [2.05, 4.69) is 0 Å². The summed E-state index contributed by atoms with van der Waals surface area (Å²) in [5.41, 5.74) is 2.53. The summed E-state index contributed by atoms with van der Waals surface area (Å²) in [7, 11) is 3.14. The molecule has 0 saturated carbocycles. The molecule has 0 bridgehead atoms. The quantitative estimate of drug-likeness (QED) is 0.315. The van der Waals surface area contributed by atoms with Crippen LogP contribution < -0.4 is 4.74 Å². The molecule has 2 atom stereocenters. The molecule has 1 amide bonds. The molecule has 10 nitrogen and oxygen atoms in total. The molecular formula is C28H35N3O7S. The Balaban J connectivity index is 1.59. The molecule has 11 heteroatoms. The molecule has 1 aromatic carbocycles. The number of amides is 1. The van der Waals surface area contributed by atoms with Crippen molar-refractivity contribution in [3.63, 3.8) is 0 Å². The van der Waals surface area contributed by atoms with Crippen molar-refractivity contribution >= 4 is 34.8 Å². The first-order chi connectivity index (χ1) is 18.9. The van der Waals surface area contributed by atoms with E-state index in [0.29, 0.717) is 48.3 Å². The first-order valence-corrected chi connectivity index (χ1v) is 13.9. The van der Waals surface area contributed by atoms with Crippen LogP contribution in [0.2, 0.25) is 0 Å². The van der Waals surface area contributed by atoms with Gasteiger partial charge >= 0.3 is 11.9 Å². The molecule has 3 aliphatic heterocycles. The number of carbonyl (C=O) groups is 3. The van der Waals surface area contributed by atoms with Crippen molar-refractivity contribution in [2.24, 2.45) is 10.9 Å². The number of thioether (sulfide) groups is 1. The summed E-state index contributed by atoms with van der Waals surface area (Å²) in [5, 5.41) is 2.60. The molecule has 210 valence electrons. The summed E-state index contributed by atoms with van der Waals surface area (Å²) in [6.45, 7) is 5.22. The van der Waals surface area contributed by atoms with Gasteiger partial charge < -0.3 is 28.7 Å². The van der Waals surface area contributed by atoms with Crippen molar-refractivity contribution in [1.29, 1.82) is 0 Å². The lowest BCUT2D eigenvalue weighted by Gasteiger charge is -2.37. The van der Waals surface area contributed by atoms with Crippen molar-refractivity contribution in [3.8, 4) is 5.75 Å². The molecule has 0 spiro atoms. The maximum Gasteiger partial charge on any atom is 0.338 e. The zero-order valence-corrected chi connectivity index (χ0v) is 23.6. The van der Waals surface area contributed by atoms with E-state index in [9.17, 15) is 14.4 Å². The molecule has 0 aromatic heterocycles. The molecule has 1 fully saturated rings. The predicted octanol–water partition coefficient (Wildman–Crippen LogP) is 3.65. The number of ether oxygens (including phenoxy) is 4. The van der Waals surface area contributed by atoms with E-state index in [1.807, 2.05) is 34.6 Å². The van der Waals surface area contributed by atoms with E-state index in [4.69, 9.17) is 23.9 Å². The maximum absolute atomic E-state index is 13.5. The SMILES string of the molecule is CCOC(=O)C1CCCN(C(=O)CC2=CSC3=NC(C)=C(C(=O)OCCOC)C(c4ccc(OC)cc4)N23)C1. The van der Waals surface area contributed by atoms with Gasteiger partial charge in [0.15, 0.2) is 5.17 Å². The van der Waals surface area contributed by atoms with Gasteiger partial charge in [-0.05, 0) is 49.8 Å². The van der Waals surface area contributed by atoms with Gasteiger partial charge in [-0.25, -0.2) is 9.79 Å². The fourth-order valence-corrected chi connectivity index (χ4v) is 5.91. The third-order valence-corrected chi connectivity index (χ3v) is 7.79. The second-order valence-corrected chi connectivity index (χ2v) is 10.2. The third kappa shape index (κ3) is 6.47. The highest BCUT2D eigenvalue weighted by molar-refractivity contribution is 8.16. The van der Waals surface area contributed by atoms with E-state index >= 15 is 0 Å². The Morgan fingerprint density at radius 3 is 2.56 bits per heavy atom. The van der Waals surface area contributed by atoms with E-state index in [-0.39, 0.29) is 37.4 Å². The van der Waals surface area contributed by atoms with Crippen LogP contribution in [-0.2, 0) is 28.6 Å². The monoisotopic (exact) mass is 557 g/mol. The Morgan fingerprint density at radius 1 is 1.10 bits per heavy atom. The van der Waals surface area contributed by atoms with Gasteiger partial charge in [0.25, 0.3) is 0 Å². The van der Waals surface area contributed by atoms with Crippen LogP contribution in [0.25, 0.3) is 0 Å². The molecule has 3 heterocycles. The first kappa shape index (κ1) is 28.7. The average Bonchev–Trinajstić information content (AvgIpc) is 3.34. The number of hydrogen-bond acceptors (Lipinski definition) is 10. The Hall–Kier alpha value is -3.31. The van der Waals surface area contributed by atoms with Gasteiger partial charge in [-0.3, -0.25) is 9.59 Å². The standard InChI is InChI=1S/C28H35N3O7S/c1-5-37-26(33)20-7-6-12-30(16-20)23(32)15-21-17-39-28-29-18(2)24(27(34)38-14-13-35-3)25(31(21)28)19-8-10-22(36-4)11-9-19/h8-11,17,20,25H,5-7,12-16H2,1-4H3. The molecule has 4 rings (SSSR count). The Labute approximate surface area is 233 Å². The van der Waals surface area contributed by atoms with E-state index in [1.165, 1.54) is 11.8 Å². The second-order valence-electron chi connectivity index (χ2n) is 9.40. The summed E-state index contributed by atoms with van der Waals surface area (Å²) in [6, 6.07) is 6.94. The van der Waals surface area contributed by atoms with Gasteiger partial charge in [0.2, 0.25) is 5.91 Å². The van der Waals surface area contributed by atoms with Gasteiger partial charge in [-0.2, -0.15) is 0 Å². The highest BCUT2D eigenvalue weighted by atomic mass is 32.2. The second kappa shape index (κ2) is 13.2. The number of piperidine rings is 1. The van der Waals surface area contributed by atoms with Crippen LogP contribution in [0.4, 0.5) is 0 Å². The van der Waals surface area contributed by atoms with Crippen LogP contribution in [0, 0.1) is 5.92 Å². The number of rotatable bonds is 10. The number of nitrogens with zero attached hydrogens (tertiary/aromatic N) is 3. The van der Waals surface area contributed by atoms with Gasteiger partial charge in [-0.1, -0.05) is 23.9 Å². The molecule has 1 saturated heterocycles. The lowest BCUT2D eigenvalue weighted by atomic mass is 9.93. The van der Waals surface area contributed by atoms with E-state index in [0.717, 1.165) is 17.7 Å². The Morgan fingerprint density at radius 2 is 1.87 bits per heavy atom. The Kier molecular flexibility index (Phi) is 9.68. The number of aliphatic imine (C=N–C) groups is 1. The average molecular weight is 558 g/mol. The summed E-state index contributed by atoms with van der Waals surface area (Å²) in [5.74, 6) is -0.442. The zero-order valence-electron chi connectivity index (χ0n) is 22.8. The largest absolute Gasteiger partial charge is 0.497 e. The van der Waals surface area contributed by atoms with Crippen LogP contribution in [0.15, 0.2) is 51.6 Å². The fourth-order valence-electron chi connectivity index (χ4n) is 4.95. The normalized spacial score (nSPS) is 20.7. The molecule has 0 aliphatic carbocycles. The summed E-state index contributed by atoms with van der Waals surface area (Å²) >= 11 is 1.42. The van der Waals surface area contributed by atoms with Crippen LogP contribution >= 0.6 is 11.8 Å². The number of esters is 2. The number of carbonyl (C=O) groups excluding carboxylic acids is 3. The summed E-state index contributed by atoms with van der Waals surface area (Å²) < 4.78 is 21.1. The van der Waals surface area contributed by atoms with Crippen molar-refractivity contribution < 1.29 is 33.3 Å². The van der Waals surface area contributed by atoms with Gasteiger partial charge in [0.1, 0.15) is 12.4 Å². The van der Waals surface area contributed by atoms with Gasteiger partial charge in [0.05, 0.1) is 50.0 Å². The summed E-state index contributed by atoms with van der Waals surface area (Å²) in [6.07, 6.45) is 1.56. The Bertz CT molecular complexity index is 1180. The first-order valence-electron chi connectivity index (χ1n) is 13.1. The third-order valence-electron chi connectivity index (χ3n) is 6.90. The van der Waals surface area contributed by atoms with Crippen molar-refractivity contribution in [1.82, 2.24) is 9.80 Å². The van der Waals surface area contributed by atoms with Crippen LogP contribution in [-0.4, -0.2) is 79.9 Å². The van der Waals surface area contributed by atoms with Gasteiger partial charge in [-0.15, -0.1) is 0 Å². The van der Waals surface area contributed by atoms with E-state index in [1.54, 1.807) is 33.0 Å². The fraction of sp³-hybridized carbons (Fsp3) is 0.500. The molecule has 0 N–H and O–H groups in total. The lowest BCUT2D eigenvalue weighted by molar-refractivity contribution is -0.151. The zero-order chi connectivity index (χ0) is 27.9. The van der Waals surface area contributed by atoms with Crippen molar-refractivity contribution in [2.45, 2.75) is 39.2 Å². The maximum atomic E-state index is 13.5. The molecule has 0 radical (unpaired) electrons.